The number of pyridine rings is 1. The first-order valence-corrected chi connectivity index (χ1v) is 9.93. The first-order chi connectivity index (χ1) is 14.8. The molecule has 0 bridgehead atoms. The lowest BCUT2D eigenvalue weighted by atomic mass is 10.0. The maximum absolute atomic E-state index is 5.99. The van der Waals surface area contributed by atoms with Crippen LogP contribution in [0.25, 0.3) is 22.0 Å². The topological polar surface area (TPSA) is 89.2 Å². The third-order valence-corrected chi connectivity index (χ3v) is 5.28. The summed E-state index contributed by atoms with van der Waals surface area (Å²) in [4.78, 5) is 15.3. The van der Waals surface area contributed by atoms with Crippen molar-refractivity contribution in [2.75, 3.05) is 42.3 Å². The minimum Gasteiger partial charge on any atom is -0.382 e. The van der Waals surface area contributed by atoms with Crippen molar-refractivity contribution < 1.29 is 4.74 Å². The number of nitrogen functional groups attached to an aromatic ring is 1. The molecule has 150 valence electrons. The van der Waals surface area contributed by atoms with E-state index in [1.165, 1.54) is 5.69 Å². The van der Waals surface area contributed by atoms with Crippen LogP contribution < -0.4 is 16.0 Å². The van der Waals surface area contributed by atoms with Gasteiger partial charge in [0.25, 0.3) is 0 Å². The highest BCUT2D eigenvalue weighted by Crippen LogP contribution is 2.31. The van der Waals surface area contributed by atoms with Crippen molar-refractivity contribution >= 4 is 33.9 Å². The molecule has 0 atom stereocenters. The molecule has 4 aromatic rings. The van der Waals surface area contributed by atoms with Gasteiger partial charge in [-0.05, 0) is 47.5 Å². The van der Waals surface area contributed by atoms with E-state index in [-0.39, 0.29) is 0 Å². The molecule has 3 heterocycles. The number of ether oxygens (including phenoxy) is 1. The zero-order valence-electron chi connectivity index (χ0n) is 16.5. The number of hydrogen-bond donors (Lipinski definition) is 2. The fourth-order valence-electron chi connectivity index (χ4n) is 3.69. The van der Waals surface area contributed by atoms with E-state index in [0.717, 1.165) is 54.0 Å². The molecule has 7 nitrogen and oxygen atoms in total. The molecule has 0 radical (unpaired) electrons. The molecule has 2 aromatic heterocycles. The molecule has 1 aliphatic heterocycles. The number of nitrogens with one attached hydrogen (secondary N) is 1. The number of aromatic nitrogens is 3. The van der Waals surface area contributed by atoms with Gasteiger partial charge in [-0.2, -0.15) is 0 Å². The van der Waals surface area contributed by atoms with E-state index in [1.807, 2.05) is 18.2 Å². The first-order valence-electron chi connectivity index (χ1n) is 9.93. The number of fused-ring (bicyclic) bond motifs is 1. The molecule has 3 N–H and O–H groups in total. The summed E-state index contributed by atoms with van der Waals surface area (Å²) in [6, 6.07) is 18.5. The predicted molar refractivity (Wildman–Crippen MR) is 120 cm³/mol. The quantitative estimate of drug-likeness (QED) is 0.540. The summed E-state index contributed by atoms with van der Waals surface area (Å²) in [6.45, 7) is 3.36. The Hall–Kier alpha value is -3.71. The van der Waals surface area contributed by atoms with Crippen LogP contribution in [0, 0.1) is 0 Å². The number of hydrogen-bond acceptors (Lipinski definition) is 7. The van der Waals surface area contributed by atoms with Crippen LogP contribution in [0.15, 0.2) is 67.1 Å². The molecule has 1 aliphatic rings. The lowest BCUT2D eigenvalue weighted by molar-refractivity contribution is 0.122. The van der Waals surface area contributed by atoms with Crippen molar-refractivity contribution in [2.45, 2.75) is 0 Å². The van der Waals surface area contributed by atoms with E-state index in [2.05, 4.69) is 61.6 Å². The van der Waals surface area contributed by atoms with E-state index < -0.39 is 0 Å². The zero-order valence-corrected chi connectivity index (χ0v) is 16.5. The van der Waals surface area contributed by atoms with E-state index in [9.17, 15) is 0 Å². The monoisotopic (exact) mass is 398 g/mol. The fraction of sp³-hybridized carbons (Fsp3) is 0.174. The second-order valence-electron chi connectivity index (χ2n) is 7.17. The number of rotatable bonds is 4. The van der Waals surface area contributed by atoms with Crippen LogP contribution in [0.5, 0.6) is 0 Å². The standard InChI is InChI=1S/C23H22N6O/c24-22-21(5-2-8-25-22)28-23-19-14-17(6-7-20(19)26-15-27-23)16-3-1-4-18(13-16)29-9-11-30-12-10-29/h1-8,13-15H,9-12H2,(H2,24,25)(H,26,27,28). The average Bonchev–Trinajstić information content (AvgIpc) is 2.81. The fourth-order valence-corrected chi connectivity index (χ4v) is 3.69. The van der Waals surface area contributed by atoms with Gasteiger partial charge in [0.1, 0.15) is 18.0 Å². The number of anilines is 4. The normalized spacial score (nSPS) is 14.1. The van der Waals surface area contributed by atoms with Crippen LogP contribution in [0.1, 0.15) is 0 Å². The Kier molecular flexibility index (Phi) is 4.86. The second-order valence-corrected chi connectivity index (χ2v) is 7.17. The van der Waals surface area contributed by atoms with E-state index in [4.69, 9.17) is 10.5 Å². The molecule has 1 fully saturated rings. The molecular weight excluding hydrogens is 376 g/mol. The van der Waals surface area contributed by atoms with Gasteiger partial charge in [0.15, 0.2) is 0 Å². The molecular formula is C23H22N6O. The smallest absolute Gasteiger partial charge is 0.147 e. The Morgan fingerprint density at radius 3 is 2.63 bits per heavy atom. The van der Waals surface area contributed by atoms with Crippen molar-refractivity contribution in [3.63, 3.8) is 0 Å². The Morgan fingerprint density at radius 1 is 0.900 bits per heavy atom. The highest BCUT2D eigenvalue weighted by atomic mass is 16.5. The van der Waals surface area contributed by atoms with Crippen LogP contribution in [-0.2, 0) is 4.74 Å². The molecule has 0 unspecified atom stereocenters. The summed E-state index contributed by atoms with van der Waals surface area (Å²) in [5, 5.41) is 4.22. The summed E-state index contributed by atoms with van der Waals surface area (Å²) in [7, 11) is 0. The maximum atomic E-state index is 5.99. The van der Waals surface area contributed by atoms with Crippen molar-refractivity contribution in [3.05, 3.63) is 67.1 Å². The van der Waals surface area contributed by atoms with Gasteiger partial charge in [0, 0.05) is 30.4 Å². The third kappa shape index (κ3) is 3.62. The molecule has 30 heavy (non-hydrogen) atoms. The second kappa shape index (κ2) is 7.96. The molecule has 5 rings (SSSR count). The number of nitrogens with two attached hydrogens (primary N) is 1. The minimum atomic E-state index is 0.429. The van der Waals surface area contributed by atoms with Crippen molar-refractivity contribution in [3.8, 4) is 11.1 Å². The SMILES string of the molecule is Nc1ncccc1Nc1ncnc2ccc(-c3cccc(N4CCOCC4)c3)cc12. The molecule has 0 amide bonds. The largest absolute Gasteiger partial charge is 0.382 e. The molecule has 2 aromatic carbocycles. The van der Waals surface area contributed by atoms with Crippen LogP contribution in [0.2, 0.25) is 0 Å². The van der Waals surface area contributed by atoms with E-state index >= 15 is 0 Å². The van der Waals surface area contributed by atoms with Gasteiger partial charge in [0.05, 0.1) is 24.4 Å². The lowest BCUT2D eigenvalue weighted by Crippen LogP contribution is -2.36. The predicted octanol–water partition coefficient (Wildman–Crippen LogP) is 3.85. The van der Waals surface area contributed by atoms with E-state index in [0.29, 0.717) is 11.6 Å². The summed E-state index contributed by atoms with van der Waals surface area (Å²) in [5.74, 6) is 1.13. The van der Waals surface area contributed by atoms with Crippen LogP contribution in [0.4, 0.5) is 23.0 Å². The van der Waals surface area contributed by atoms with Crippen molar-refractivity contribution in [1.82, 2.24) is 15.0 Å². The average molecular weight is 398 g/mol. The van der Waals surface area contributed by atoms with Gasteiger partial charge in [-0.1, -0.05) is 18.2 Å². The Bertz CT molecular complexity index is 1190. The molecule has 1 saturated heterocycles. The highest BCUT2D eigenvalue weighted by Gasteiger charge is 2.13. The summed E-state index contributed by atoms with van der Waals surface area (Å²) in [6.07, 6.45) is 3.22. The van der Waals surface area contributed by atoms with Gasteiger partial charge in [0.2, 0.25) is 0 Å². The minimum absolute atomic E-state index is 0.429. The van der Waals surface area contributed by atoms with Gasteiger partial charge in [-0.3, -0.25) is 0 Å². The Morgan fingerprint density at radius 2 is 1.77 bits per heavy atom. The van der Waals surface area contributed by atoms with Gasteiger partial charge >= 0.3 is 0 Å². The summed E-state index contributed by atoms with van der Waals surface area (Å²) < 4.78 is 5.48. The number of benzene rings is 2. The van der Waals surface area contributed by atoms with Crippen molar-refractivity contribution in [1.29, 1.82) is 0 Å². The number of morpholine rings is 1. The number of nitrogens with zero attached hydrogens (tertiary/aromatic N) is 4. The maximum Gasteiger partial charge on any atom is 0.147 e. The molecule has 0 spiro atoms. The van der Waals surface area contributed by atoms with Crippen LogP contribution in [0.3, 0.4) is 0 Å². The van der Waals surface area contributed by atoms with Crippen LogP contribution in [-0.4, -0.2) is 41.3 Å². The van der Waals surface area contributed by atoms with Gasteiger partial charge in [-0.25, -0.2) is 15.0 Å². The Labute approximate surface area is 174 Å². The van der Waals surface area contributed by atoms with Gasteiger partial charge < -0.3 is 20.7 Å². The Balaban J connectivity index is 1.52. The zero-order chi connectivity index (χ0) is 20.3. The van der Waals surface area contributed by atoms with Gasteiger partial charge in [-0.15, -0.1) is 0 Å². The molecule has 0 aliphatic carbocycles. The summed E-state index contributed by atoms with van der Waals surface area (Å²) >= 11 is 0. The third-order valence-electron chi connectivity index (χ3n) is 5.28. The molecule has 0 saturated carbocycles. The van der Waals surface area contributed by atoms with Crippen molar-refractivity contribution in [2.24, 2.45) is 0 Å². The van der Waals surface area contributed by atoms with E-state index in [1.54, 1.807) is 12.5 Å². The lowest BCUT2D eigenvalue weighted by Gasteiger charge is -2.29. The summed E-state index contributed by atoms with van der Waals surface area (Å²) in [5.41, 5.74) is 11.0. The first kappa shape index (κ1) is 18.3. The molecule has 7 heteroatoms. The van der Waals surface area contributed by atoms with Crippen LogP contribution >= 0.6 is 0 Å². The highest BCUT2D eigenvalue weighted by molar-refractivity contribution is 5.94.